The molecular weight excluding hydrogens is 214 g/mol. The van der Waals surface area contributed by atoms with Crippen molar-refractivity contribution in [2.45, 2.75) is 0 Å². The molecule has 0 atom stereocenters. The Hall–Kier alpha value is -2.44. The summed E-state index contributed by atoms with van der Waals surface area (Å²) in [5.41, 5.74) is -1.26. The highest BCUT2D eigenvalue weighted by Gasteiger charge is 2.15. The van der Waals surface area contributed by atoms with Gasteiger partial charge in [-0.2, -0.15) is 0 Å². The molecule has 2 aromatic heterocycles. The average Bonchev–Trinajstić information content (AvgIpc) is 2.23. The fourth-order valence-electron chi connectivity index (χ4n) is 1.47. The van der Waals surface area contributed by atoms with Gasteiger partial charge in [0.05, 0.1) is 16.5 Å². The molecule has 2 rings (SSSR count). The molecule has 2 aromatic rings. The van der Waals surface area contributed by atoms with E-state index in [1.807, 2.05) is 0 Å². The van der Waals surface area contributed by atoms with Crippen molar-refractivity contribution in [3.8, 4) is 0 Å². The molecule has 0 aliphatic rings. The molecule has 7 nitrogen and oxygen atoms in total. The summed E-state index contributed by atoms with van der Waals surface area (Å²) in [6, 6.07) is 2.48. The first kappa shape index (κ1) is 10.1. The van der Waals surface area contributed by atoms with Gasteiger partial charge < -0.3 is 4.98 Å². The third-order valence-corrected chi connectivity index (χ3v) is 2.33. The molecule has 82 valence electrons. The lowest BCUT2D eigenvalue weighted by molar-refractivity contribution is -0.386. The second-order valence-corrected chi connectivity index (χ2v) is 3.25. The molecule has 0 bridgehead atoms. The van der Waals surface area contributed by atoms with Gasteiger partial charge in [0.15, 0.2) is 0 Å². The number of fused-ring (bicyclic) bond motifs is 1. The second-order valence-electron chi connectivity index (χ2n) is 3.25. The zero-order chi connectivity index (χ0) is 11.9. The Morgan fingerprint density at radius 3 is 2.69 bits per heavy atom. The first-order valence-electron chi connectivity index (χ1n) is 4.38. The SMILES string of the molecule is Cn1c(=O)ccc2c(=O)c([N+](=O)[O-])c[nH]c21. The summed E-state index contributed by atoms with van der Waals surface area (Å²) < 4.78 is 1.22. The molecule has 0 unspecified atom stereocenters. The summed E-state index contributed by atoms with van der Waals surface area (Å²) in [6.07, 6.45) is 0.990. The van der Waals surface area contributed by atoms with E-state index in [0.29, 0.717) is 0 Å². The number of rotatable bonds is 1. The Morgan fingerprint density at radius 2 is 2.06 bits per heavy atom. The van der Waals surface area contributed by atoms with Gasteiger partial charge in [-0.15, -0.1) is 0 Å². The molecular formula is C9H7N3O4. The van der Waals surface area contributed by atoms with Crippen LogP contribution in [0.25, 0.3) is 11.0 Å². The predicted octanol–water partition coefficient (Wildman–Crippen LogP) is 0.135. The minimum absolute atomic E-state index is 0.122. The van der Waals surface area contributed by atoms with Crippen molar-refractivity contribution in [2.24, 2.45) is 7.05 Å². The van der Waals surface area contributed by atoms with E-state index in [0.717, 1.165) is 6.20 Å². The fourth-order valence-corrected chi connectivity index (χ4v) is 1.47. The molecule has 0 amide bonds. The molecule has 0 saturated carbocycles. The summed E-state index contributed by atoms with van der Waals surface area (Å²) >= 11 is 0. The molecule has 1 N–H and O–H groups in total. The predicted molar refractivity (Wildman–Crippen MR) is 56.5 cm³/mol. The maximum Gasteiger partial charge on any atom is 0.332 e. The quantitative estimate of drug-likeness (QED) is 0.546. The molecule has 2 heterocycles. The highest BCUT2D eigenvalue weighted by atomic mass is 16.6. The number of aromatic amines is 1. The van der Waals surface area contributed by atoms with Crippen molar-refractivity contribution >= 4 is 16.7 Å². The van der Waals surface area contributed by atoms with Crippen molar-refractivity contribution in [3.05, 3.63) is 49.0 Å². The lowest BCUT2D eigenvalue weighted by Gasteiger charge is -2.02. The molecule has 0 fully saturated rings. The Morgan fingerprint density at radius 1 is 1.38 bits per heavy atom. The maximum atomic E-state index is 11.7. The summed E-state index contributed by atoms with van der Waals surface area (Å²) in [6.45, 7) is 0. The van der Waals surface area contributed by atoms with Crippen LogP contribution in [0.3, 0.4) is 0 Å². The molecule has 0 aliphatic heterocycles. The first-order valence-corrected chi connectivity index (χ1v) is 4.38. The van der Waals surface area contributed by atoms with E-state index in [1.54, 1.807) is 0 Å². The van der Waals surface area contributed by atoms with Crippen molar-refractivity contribution < 1.29 is 4.92 Å². The number of nitrogens with one attached hydrogen (secondary N) is 1. The number of H-pyrrole nitrogens is 1. The number of pyridine rings is 2. The van der Waals surface area contributed by atoms with Crippen molar-refractivity contribution in [1.29, 1.82) is 0 Å². The van der Waals surface area contributed by atoms with Crippen LogP contribution in [0.1, 0.15) is 0 Å². The lowest BCUT2D eigenvalue weighted by atomic mass is 10.2. The zero-order valence-electron chi connectivity index (χ0n) is 8.26. The van der Waals surface area contributed by atoms with Crippen molar-refractivity contribution in [2.75, 3.05) is 0 Å². The van der Waals surface area contributed by atoms with Gasteiger partial charge >= 0.3 is 5.69 Å². The van der Waals surface area contributed by atoms with Gasteiger partial charge in [-0.3, -0.25) is 24.3 Å². The van der Waals surface area contributed by atoms with Crippen LogP contribution in [-0.4, -0.2) is 14.5 Å². The molecule has 16 heavy (non-hydrogen) atoms. The average molecular weight is 221 g/mol. The Kier molecular flexibility index (Phi) is 2.08. The highest BCUT2D eigenvalue weighted by molar-refractivity contribution is 5.76. The molecule has 0 saturated heterocycles. The molecule has 0 spiro atoms. The van der Waals surface area contributed by atoms with E-state index >= 15 is 0 Å². The molecule has 0 aromatic carbocycles. The third-order valence-electron chi connectivity index (χ3n) is 2.33. The Labute approximate surface area is 88.1 Å². The van der Waals surface area contributed by atoms with E-state index in [4.69, 9.17) is 0 Å². The topological polar surface area (TPSA) is 98.0 Å². The van der Waals surface area contributed by atoms with E-state index in [1.165, 1.54) is 23.7 Å². The van der Waals surface area contributed by atoms with Gasteiger partial charge in [-0.05, 0) is 6.07 Å². The Balaban J connectivity index is 2.99. The molecule has 0 aliphatic carbocycles. The van der Waals surface area contributed by atoms with Crippen LogP contribution >= 0.6 is 0 Å². The van der Waals surface area contributed by atoms with E-state index < -0.39 is 16.0 Å². The van der Waals surface area contributed by atoms with Gasteiger partial charge in [0.25, 0.3) is 11.0 Å². The first-order chi connectivity index (χ1) is 7.52. The van der Waals surface area contributed by atoms with Gasteiger partial charge in [-0.25, -0.2) is 0 Å². The smallest absolute Gasteiger partial charge is 0.332 e. The third kappa shape index (κ3) is 1.29. The number of nitrogens with zero attached hydrogens (tertiary/aromatic N) is 2. The number of aromatic nitrogens is 2. The summed E-state index contributed by atoms with van der Waals surface area (Å²) in [7, 11) is 1.48. The summed E-state index contributed by atoms with van der Waals surface area (Å²) in [5, 5.41) is 10.7. The van der Waals surface area contributed by atoms with Gasteiger partial charge in [0.1, 0.15) is 5.65 Å². The van der Waals surface area contributed by atoms with Gasteiger partial charge in [-0.1, -0.05) is 0 Å². The minimum Gasteiger partial charge on any atom is -0.341 e. The second kappa shape index (κ2) is 3.30. The van der Waals surface area contributed by atoms with Gasteiger partial charge in [0.2, 0.25) is 0 Å². The van der Waals surface area contributed by atoms with Crippen molar-refractivity contribution in [3.63, 3.8) is 0 Å². The van der Waals surface area contributed by atoms with Crippen LogP contribution in [0.2, 0.25) is 0 Å². The van der Waals surface area contributed by atoms with E-state index in [9.17, 15) is 19.7 Å². The minimum atomic E-state index is -0.761. The Bertz CT molecular complexity index is 698. The van der Waals surface area contributed by atoms with Crippen LogP contribution in [0.4, 0.5) is 5.69 Å². The van der Waals surface area contributed by atoms with E-state index in [-0.39, 0.29) is 16.6 Å². The van der Waals surface area contributed by atoms with Crippen LogP contribution in [-0.2, 0) is 7.05 Å². The zero-order valence-corrected chi connectivity index (χ0v) is 8.26. The molecule has 7 heteroatoms. The summed E-state index contributed by atoms with van der Waals surface area (Å²) in [5.74, 6) is 0. The normalized spacial score (nSPS) is 10.6. The van der Waals surface area contributed by atoms with Gasteiger partial charge in [0, 0.05) is 13.1 Å². The number of aryl methyl sites for hydroxylation is 1. The fraction of sp³-hybridized carbons (Fsp3) is 0.111. The largest absolute Gasteiger partial charge is 0.341 e. The monoisotopic (exact) mass is 221 g/mol. The van der Waals surface area contributed by atoms with Crippen LogP contribution in [0.5, 0.6) is 0 Å². The molecule has 0 radical (unpaired) electrons. The number of hydrogen-bond donors (Lipinski definition) is 1. The van der Waals surface area contributed by atoms with Crippen molar-refractivity contribution in [1.82, 2.24) is 9.55 Å². The number of hydrogen-bond acceptors (Lipinski definition) is 4. The lowest BCUT2D eigenvalue weighted by Crippen LogP contribution is -2.19. The van der Waals surface area contributed by atoms with Crippen LogP contribution < -0.4 is 11.0 Å². The van der Waals surface area contributed by atoms with Crippen LogP contribution in [0.15, 0.2) is 27.9 Å². The maximum absolute atomic E-state index is 11.7. The standard InChI is InChI=1S/C9H7N3O4/c1-11-7(13)3-2-5-8(14)6(12(15)16)4-10-9(5)11/h2-4H,1H3,(H,10,14). The summed E-state index contributed by atoms with van der Waals surface area (Å²) in [4.78, 5) is 35.3. The highest BCUT2D eigenvalue weighted by Crippen LogP contribution is 2.08. The number of nitro groups is 1. The van der Waals surface area contributed by atoms with E-state index in [2.05, 4.69) is 4.98 Å². The van der Waals surface area contributed by atoms with Crippen LogP contribution in [0, 0.1) is 10.1 Å².